The Balaban J connectivity index is 1.29. The molecule has 4 saturated carbocycles. The first-order valence-electron chi connectivity index (χ1n) is 20.7. The highest BCUT2D eigenvalue weighted by molar-refractivity contribution is 6.04. The van der Waals surface area contributed by atoms with Crippen molar-refractivity contribution in [2.75, 3.05) is 32.7 Å². The van der Waals surface area contributed by atoms with Crippen molar-refractivity contribution in [1.29, 1.82) is 0 Å². The van der Waals surface area contributed by atoms with Crippen LogP contribution in [0, 0.1) is 56.7 Å². The van der Waals surface area contributed by atoms with Crippen molar-refractivity contribution >= 4 is 17.8 Å². The molecule has 1 aromatic rings. The monoisotopic (exact) mass is 774 g/mol. The first-order valence-corrected chi connectivity index (χ1v) is 20.7. The van der Waals surface area contributed by atoms with Crippen LogP contribution >= 0.6 is 0 Å². The normalized spacial score (nSPS) is 40.1. The number of rotatable bonds is 3. The summed E-state index contributed by atoms with van der Waals surface area (Å²) in [5, 5.41) is 0. The fourth-order valence-corrected chi connectivity index (χ4v) is 13.7. The molecule has 55 heavy (non-hydrogen) atoms. The number of carbonyl (C=O) groups is 2. The molecule has 7 rings (SSSR count). The molecule has 304 valence electrons. The van der Waals surface area contributed by atoms with Crippen LogP contribution in [0.5, 0.6) is 0 Å². The van der Waals surface area contributed by atoms with Gasteiger partial charge in [0.1, 0.15) is 0 Å². The number of ketones is 1. The van der Waals surface area contributed by atoms with Gasteiger partial charge >= 0.3 is 12.4 Å². The maximum atomic E-state index is 14.9. The van der Waals surface area contributed by atoms with E-state index in [9.17, 15) is 35.9 Å². The van der Waals surface area contributed by atoms with Crippen LogP contribution in [0.3, 0.4) is 0 Å². The molecule has 5 fully saturated rings. The standard InChI is InChI=1S/C45H60F6N2O2/c1-9-52-18-20-53(21-19-52)38(55)43-15-12-27(2)28(3)36(43)33-10-11-35-40(6)26-30(22-29-23-31(44(46,47)48)25-32(24-29)45(49,50)51)37(54)39(4,5)34(40)13-14-42(35,8)41(33,7)16-17-43/h10,22-25,27-28,34-36H,9,11-21,26H2,1-8H3/b30-22-/t27-,28+,34+,35-,36+,40+,41-,42-,43+/m1/s1. The lowest BCUT2D eigenvalue weighted by Gasteiger charge is -2.71. The van der Waals surface area contributed by atoms with Gasteiger partial charge in [0.25, 0.3) is 0 Å². The smallest absolute Gasteiger partial charge is 0.340 e. The van der Waals surface area contributed by atoms with E-state index in [0.717, 1.165) is 89.8 Å². The van der Waals surface area contributed by atoms with E-state index in [0.29, 0.717) is 29.7 Å². The fourth-order valence-electron chi connectivity index (χ4n) is 13.7. The van der Waals surface area contributed by atoms with Gasteiger partial charge in [0.15, 0.2) is 5.78 Å². The minimum atomic E-state index is -4.98. The first-order chi connectivity index (χ1) is 25.4. The van der Waals surface area contributed by atoms with Crippen molar-refractivity contribution in [3.05, 3.63) is 52.1 Å². The van der Waals surface area contributed by atoms with Crippen molar-refractivity contribution in [2.45, 2.75) is 119 Å². The molecule has 6 aliphatic rings. The number of halogens is 6. The minimum Gasteiger partial charge on any atom is -0.340 e. The molecule has 10 heteroatoms. The van der Waals surface area contributed by atoms with Crippen LogP contribution in [0.25, 0.3) is 6.08 Å². The summed E-state index contributed by atoms with van der Waals surface area (Å²) in [6.45, 7) is 22.1. The lowest BCUT2D eigenvalue weighted by atomic mass is 9.33. The van der Waals surface area contributed by atoms with Gasteiger partial charge in [-0.25, -0.2) is 0 Å². The Hall–Kier alpha value is -2.62. The summed E-state index contributed by atoms with van der Waals surface area (Å²) in [6, 6.07) is 1.59. The molecule has 0 bridgehead atoms. The van der Waals surface area contributed by atoms with Crippen LogP contribution in [-0.2, 0) is 21.9 Å². The van der Waals surface area contributed by atoms with Crippen LogP contribution in [0.15, 0.2) is 35.4 Å². The number of amides is 1. The highest BCUT2D eigenvalue weighted by Gasteiger charge is 2.70. The molecule has 0 spiro atoms. The molecule has 1 aromatic carbocycles. The number of piperazine rings is 1. The SMILES string of the molecule is CCN1CCN(C(=O)[C@]23CC[C@@H](C)[C@H](C)[C@H]2C2=CC[C@@H]4[C@@]5(C)C/C(=C/c6cc(C(F)(F)F)cc(C(F)(F)F)c6)C(=O)C(C)(C)[C@@H]5CC[C@@]4(C)[C@]2(C)CC3)CC1. The fraction of sp³-hybridized carbons (Fsp3) is 0.733. The average Bonchev–Trinajstić information content (AvgIpc) is 3.11. The summed E-state index contributed by atoms with van der Waals surface area (Å²) >= 11 is 0. The predicted molar refractivity (Wildman–Crippen MR) is 202 cm³/mol. The number of hydrogen-bond acceptors (Lipinski definition) is 3. The van der Waals surface area contributed by atoms with E-state index in [1.807, 2.05) is 13.8 Å². The second kappa shape index (κ2) is 13.2. The first kappa shape index (κ1) is 40.6. The lowest BCUT2D eigenvalue weighted by molar-refractivity contribution is -0.184. The van der Waals surface area contributed by atoms with Crippen LogP contribution < -0.4 is 0 Å². The Kier molecular flexibility index (Phi) is 9.74. The van der Waals surface area contributed by atoms with Crippen LogP contribution in [-0.4, -0.2) is 54.2 Å². The Morgan fingerprint density at radius 3 is 2.04 bits per heavy atom. The molecule has 0 unspecified atom stereocenters. The van der Waals surface area contributed by atoms with E-state index >= 15 is 0 Å². The van der Waals surface area contributed by atoms with Gasteiger partial charge in [-0.15, -0.1) is 0 Å². The Bertz CT molecular complexity index is 1750. The third-order valence-corrected chi connectivity index (χ3v) is 17.1. The quantitative estimate of drug-likeness (QED) is 0.174. The van der Waals surface area contributed by atoms with Crippen molar-refractivity contribution in [2.24, 2.45) is 56.7 Å². The van der Waals surface area contributed by atoms with Crippen LogP contribution in [0.1, 0.15) is 123 Å². The molecule has 1 heterocycles. The van der Waals surface area contributed by atoms with Gasteiger partial charge in [-0.1, -0.05) is 67.0 Å². The topological polar surface area (TPSA) is 40.6 Å². The maximum Gasteiger partial charge on any atom is 0.416 e. The van der Waals surface area contributed by atoms with Crippen molar-refractivity contribution in [3.8, 4) is 0 Å². The van der Waals surface area contributed by atoms with E-state index in [-0.39, 0.29) is 46.0 Å². The highest BCUT2D eigenvalue weighted by Crippen LogP contribution is 2.76. The number of benzene rings is 1. The van der Waals surface area contributed by atoms with Gasteiger partial charge in [0.2, 0.25) is 5.91 Å². The summed E-state index contributed by atoms with van der Waals surface area (Å²) in [6.07, 6.45) is 0.265. The molecular formula is C45H60F6N2O2. The van der Waals surface area contributed by atoms with E-state index in [4.69, 9.17) is 0 Å². The summed E-state index contributed by atoms with van der Waals surface area (Å²) < 4.78 is 83.1. The molecule has 0 N–H and O–H groups in total. The van der Waals surface area contributed by atoms with Gasteiger partial charge < -0.3 is 9.80 Å². The molecule has 1 saturated heterocycles. The summed E-state index contributed by atoms with van der Waals surface area (Å²) in [7, 11) is 0. The van der Waals surface area contributed by atoms with Gasteiger partial charge in [-0.2, -0.15) is 26.3 Å². The van der Waals surface area contributed by atoms with Gasteiger partial charge in [0, 0.05) is 31.6 Å². The van der Waals surface area contributed by atoms with Crippen LogP contribution in [0.2, 0.25) is 0 Å². The molecule has 4 nitrogen and oxygen atoms in total. The zero-order chi connectivity index (χ0) is 40.3. The van der Waals surface area contributed by atoms with E-state index in [2.05, 4.69) is 57.4 Å². The average molecular weight is 775 g/mol. The third-order valence-electron chi connectivity index (χ3n) is 17.1. The summed E-state index contributed by atoms with van der Waals surface area (Å²) in [5.41, 5.74) is -3.41. The number of nitrogens with zero attached hydrogens (tertiary/aromatic N) is 2. The highest BCUT2D eigenvalue weighted by atomic mass is 19.4. The number of Topliss-reactive ketones (excluding diaryl/α,β-unsaturated/α-hetero) is 1. The number of carbonyl (C=O) groups excluding carboxylic acids is 2. The van der Waals surface area contributed by atoms with Crippen molar-refractivity contribution in [1.82, 2.24) is 9.80 Å². The Labute approximate surface area is 323 Å². The number of alkyl halides is 6. The lowest BCUT2D eigenvalue weighted by Crippen LogP contribution is -2.66. The predicted octanol–water partition coefficient (Wildman–Crippen LogP) is 11.1. The van der Waals surface area contributed by atoms with Crippen molar-refractivity contribution < 1.29 is 35.9 Å². The third kappa shape index (κ3) is 6.09. The second-order valence-corrected chi connectivity index (χ2v) is 19.8. The number of allylic oxidation sites excluding steroid dienone is 3. The van der Waals surface area contributed by atoms with Crippen molar-refractivity contribution in [3.63, 3.8) is 0 Å². The molecule has 1 amide bonds. The zero-order valence-corrected chi connectivity index (χ0v) is 33.9. The van der Waals surface area contributed by atoms with Gasteiger partial charge in [-0.3, -0.25) is 9.59 Å². The summed E-state index contributed by atoms with van der Waals surface area (Å²) in [5.74, 6) is 1.21. The van der Waals surface area contributed by atoms with E-state index in [1.165, 1.54) is 11.6 Å². The molecule has 5 aliphatic carbocycles. The number of fused-ring (bicyclic) bond motifs is 7. The Morgan fingerprint density at radius 2 is 1.45 bits per heavy atom. The second-order valence-electron chi connectivity index (χ2n) is 19.8. The van der Waals surface area contributed by atoms with Gasteiger partial charge in [-0.05, 0) is 139 Å². The van der Waals surface area contributed by atoms with E-state index < -0.39 is 39.7 Å². The van der Waals surface area contributed by atoms with Crippen LogP contribution in [0.4, 0.5) is 26.3 Å². The Morgan fingerprint density at radius 1 is 0.836 bits per heavy atom. The number of likely N-dealkylation sites (N-methyl/N-ethyl adjacent to an activating group) is 1. The van der Waals surface area contributed by atoms with Gasteiger partial charge in [0.05, 0.1) is 16.5 Å². The molecular weight excluding hydrogens is 714 g/mol. The summed E-state index contributed by atoms with van der Waals surface area (Å²) in [4.78, 5) is 33.7. The molecule has 0 aromatic heterocycles. The minimum absolute atomic E-state index is 0.00630. The molecule has 1 aliphatic heterocycles. The molecule has 9 atom stereocenters. The largest absolute Gasteiger partial charge is 0.416 e. The molecule has 0 radical (unpaired) electrons. The van der Waals surface area contributed by atoms with E-state index in [1.54, 1.807) is 0 Å². The zero-order valence-electron chi connectivity index (χ0n) is 33.9. The number of hydrogen-bond donors (Lipinski definition) is 0. The maximum absolute atomic E-state index is 14.9.